The molecule has 0 unspecified atom stereocenters. The van der Waals surface area contributed by atoms with Gasteiger partial charge in [-0.2, -0.15) is 0 Å². The number of aromatic nitrogens is 2. The van der Waals surface area contributed by atoms with Crippen molar-refractivity contribution in [3.8, 4) is 0 Å². The zero-order chi connectivity index (χ0) is 20.9. The van der Waals surface area contributed by atoms with Crippen molar-refractivity contribution >= 4 is 28.6 Å². The van der Waals surface area contributed by atoms with E-state index < -0.39 is 0 Å². The molecule has 1 aromatic heterocycles. The van der Waals surface area contributed by atoms with Gasteiger partial charge in [0.25, 0.3) is 5.56 Å². The second kappa shape index (κ2) is 9.47. The fraction of sp³-hybridized carbons (Fsp3) is 0.375. The summed E-state index contributed by atoms with van der Waals surface area (Å²) in [6.45, 7) is 4.15. The first-order chi connectivity index (χ1) is 14.6. The quantitative estimate of drug-likeness (QED) is 0.457. The first-order valence-corrected chi connectivity index (χ1v) is 11.6. The van der Waals surface area contributed by atoms with Crippen LogP contribution in [0.3, 0.4) is 0 Å². The van der Waals surface area contributed by atoms with Gasteiger partial charge in [0, 0.05) is 13.1 Å². The van der Waals surface area contributed by atoms with E-state index >= 15 is 0 Å². The van der Waals surface area contributed by atoms with Crippen molar-refractivity contribution in [1.29, 1.82) is 0 Å². The minimum Gasteiger partial charge on any atom is -0.342 e. The smallest absolute Gasteiger partial charge is 0.262 e. The van der Waals surface area contributed by atoms with Crippen LogP contribution in [0.1, 0.15) is 36.8 Å². The molecule has 0 N–H and O–H groups in total. The van der Waals surface area contributed by atoms with Crippen LogP contribution in [0.2, 0.25) is 0 Å². The summed E-state index contributed by atoms with van der Waals surface area (Å²) in [4.78, 5) is 32.7. The molecule has 30 heavy (non-hydrogen) atoms. The topological polar surface area (TPSA) is 55.2 Å². The number of benzene rings is 2. The average molecular weight is 422 g/mol. The molecule has 2 aromatic carbocycles. The largest absolute Gasteiger partial charge is 0.342 e. The summed E-state index contributed by atoms with van der Waals surface area (Å²) in [7, 11) is 0. The normalized spacial score (nSPS) is 14.6. The number of thioether (sulfide) groups is 1. The number of carbonyl (C=O) groups is 1. The third-order valence-corrected chi connectivity index (χ3v) is 6.53. The van der Waals surface area contributed by atoms with Crippen LogP contribution in [0.15, 0.2) is 58.5 Å². The van der Waals surface area contributed by atoms with Gasteiger partial charge in [-0.1, -0.05) is 66.6 Å². The highest BCUT2D eigenvalue weighted by Gasteiger charge is 2.18. The summed E-state index contributed by atoms with van der Waals surface area (Å²) in [5.74, 6) is 0.435. The molecule has 1 fully saturated rings. The number of hydrogen-bond acceptors (Lipinski definition) is 4. The van der Waals surface area contributed by atoms with Gasteiger partial charge < -0.3 is 4.90 Å². The summed E-state index contributed by atoms with van der Waals surface area (Å²) < 4.78 is 1.70. The van der Waals surface area contributed by atoms with Crippen molar-refractivity contribution in [3.05, 3.63) is 70.0 Å². The van der Waals surface area contributed by atoms with Crippen molar-refractivity contribution in [1.82, 2.24) is 14.5 Å². The fourth-order valence-electron chi connectivity index (χ4n) is 3.81. The lowest BCUT2D eigenvalue weighted by Crippen LogP contribution is -2.33. The summed E-state index contributed by atoms with van der Waals surface area (Å²) in [6, 6.07) is 15.6. The summed E-state index contributed by atoms with van der Waals surface area (Å²) in [5, 5.41) is 1.20. The van der Waals surface area contributed by atoms with E-state index in [2.05, 4.69) is 0 Å². The Hall–Kier alpha value is -2.60. The molecular weight excluding hydrogens is 394 g/mol. The number of para-hydroxylation sites is 1. The fourth-order valence-corrected chi connectivity index (χ4v) is 4.71. The SMILES string of the molecule is Cc1ccc(Cn2c(SCC(=O)N3CCCCCC3)nc3ccccc3c2=O)cc1. The van der Waals surface area contributed by atoms with Crippen molar-refractivity contribution in [3.63, 3.8) is 0 Å². The van der Waals surface area contributed by atoms with Gasteiger partial charge in [0.05, 0.1) is 23.2 Å². The van der Waals surface area contributed by atoms with Crippen LogP contribution in [-0.4, -0.2) is 39.2 Å². The molecule has 1 amide bonds. The van der Waals surface area contributed by atoms with Crippen LogP contribution in [0, 0.1) is 6.92 Å². The van der Waals surface area contributed by atoms with Crippen molar-refractivity contribution in [2.75, 3.05) is 18.8 Å². The molecule has 4 rings (SSSR count). The van der Waals surface area contributed by atoms with Gasteiger partial charge in [-0.15, -0.1) is 0 Å². The molecule has 1 aliphatic heterocycles. The summed E-state index contributed by atoms with van der Waals surface area (Å²) in [5.41, 5.74) is 2.83. The second-order valence-corrected chi connectivity index (χ2v) is 8.81. The van der Waals surface area contributed by atoms with Crippen LogP contribution >= 0.6 is 11.8 Å². The van der Waals surface area contributed by atoms with Crippen LogP contribution < -0.4 is 5.56 Å². The number of nitrogens with zero attached hydrogens (tertiary/aromatic N) is 3. The zero-order valence-corrected chi connectivity index (χ0v) is 18.2. The van der Waals surface area contributed by atoms with Gasteiger partial charge in [-0.3, -0.25) is 14.2 Å². The summed E-state index contributed by atoms with van der Waals surface area (Å²) in [6.07, 6.45) is 4.53. The number of rotatable bonds is 5. The molecule has 156 valence electrons. The maximum atomic E-state index is 13.2. The zero-order valence-electron chi connectivity index (χ0n) is 17.3. The molecule has 5 nitrogen and oxygen atoms in total. The van der Waals surface area contributed by atoms with Gasteiger partial charge in [-0.25, -0.2) is 4.98 Å². The van der Waals surface area contributed by atoms with Gasteiger partial charge in [0.2, 0.25) is 5.91 Å². The Morgan fingerprint density at radius 1 is 1.00 bits per heavy atom. The highest BCUT2D eigenvalue weighted by atomic mass is 32.2. The minimum atomic E-state index is -0.0640. The van der Waals surface area contributed by atoms with Crippen LogP contribution in [0.5, 0.6) is 0 Å². The maximum Gasteiger partial charge on any atom is 0.262 e. The Kier molecular flexibility index (Phi) is 6.53. The molecular formula is C24H27N3O2S. The molecule has 6 heteroatoms. The Bertz CT molecular complexity index is 1080. The number of amides is 1. The Morgan fingerprint density at radius 2 is 1.70 bits per heavy atom. The molecule has 3 aromatic rings. The van der Waals surface area contributed by atoms with Crippen molar-refractivity contribution in [2.45, 2.75) is 44.3 Å². The molecule has 0 bridgehead atoms. The molecule has 1 aliphatic rings. The second-order valence-electron chi connectivity index (χ2n) is 7.87. The number of carbonyl (C=O) groups excluding carboxylic acids is 1. The monoisotopic (exact) mass is 421 g/mol. The van der Waals surface area contributed by atoms with E-state index in [0.717, 1.165) is 31.5 Å². The number of aryl methyl sites for hydroxylation is 1. The highest BCUT2D eigenvalue weighted by molar-refractivity contribution is 7.99. The predicted octanol–water partition coefficient (Wildman–Crippen LogP) is 4.25. The first kappa shape index (κ1) is 20.7. The molecule has 2 heterocycles. The van der Waals surface area contributed by atoms with Crippen LogP contribution in [-0.2, 0) is 11.3 Å². The molecule has 0 saturated carbocycles. The van der Waals surface area contributed by atoms with Crippen molar-refractivity contribution in [2.24, 2.45) is 0 Å². The van der Waals surface area contributed by atoms with E-state index in [9.17, 15) is 9.59 Å². The van der Waals surface area contributed by atoms with E-state index in [1.165, 1.54) is 30.2 Å². The van der Waals surface area contributed by atoms with E-state index in [1.807, 2.05) is 60.4 Å². The third kappa shape index (κ3) is 4.75. The van der Waals surface area contributed by atoms with Crippen LogP contribution in [0.4, 0.5) is 0 Å². The Morgan fingerprint density at radius 3 is 2.43 bits per heavy atom. The van der Waals surface area contributed by atoms with Gasteiger partial charge >= 0.3 is 0 Å². The standard InChI is InChI=1S/C24H27N3O2S/c1-18-10-12-19(13-11-18)16-27-23(29)20-8-4-5-9-21(20)25-24(27)30-17-22(28)26-14-6-2-3-7-15-26/h4-5,8-13H,2-3,6-7,14-17H2,1H3. The number of hydrogen-bond donors (Lipinski definition) is 0. The maximum absolute atomic E-state index is 13.2. The lowest BCUT2D eigenvalue weighted by Gasteiger charge is -2.20. The van der Waals surface area contributed by atoms with Crippen molar-refractivity contribution < 1.29 is 4.79 Å². The lowest BCUT2D eigenvalue weighted by atomic mass is 10.1. The Balaban J connectivity index is 1.62. The molecule has 0 radical (unpaired) electrons. The van der Waals surface area contributed by atoms with Crippen LogP contribution in [0.25, 0.3) is 10.9 Å². The molecule has 0 aliphatic carbocycles. The van der Waals surface area contributed by atoms with E-state index in [0.29, 0.717) is 28.4 Å². The van der Waals surface area contributed by atoms with E-state index in [4.69, 9.17) is 4.98 Å². The van der Waals surface area contributed by atoms with E-state index in [-0.39, 0.29) is 11.5 Å². The lowest BCUT2D eigenvalue weighted by molar-refractivity contribution is -0.128. The van der Waals surface area contributed by atoms with Gasteiger partial charge in [-0.05, 0) is 37.5 Å². The summed E-state index contributed by atoms with van der Waals surface area (Å²) >= 11 is 1.37. The average Bonchev–Trinajstić information content (AvgIpc) is 3.05. The minimum absolute atomic E-state index is 0.0640. The van der Waals surface area contributed by atoms with Gasteiger partial charge in [0.1, 0.15) is 0 Å². The highest BCUT2D eigenvalue weighted by Crippen LogP contribution is 2.20. The Labute approximate surface area is 181 Å². The molecule has 1 saturated heterocycles. The third-order valence-electron chi connectivity index (χ3n) is 5.57. The number of likely N-dealkylation sites (tertiary alicyclic amines) is 1. The molecule has 0 atom stereocenters. The number of fused-ring (bicyclic) bond motifs is 1. The van der Waals surface area contributed by atoms with E-state index in [1.54, 1.807) is 4.57 Å². The van der Waals surface area contributed by atoms with Gasteiger partial charge in [0.15, 0.2) is 5.16 Å². The predicted molar refractivity (Wildman–Crippen MR) is 122 cm³/mol. The molecule has 0 spiro atoms. The first-order valence-electron chi connectivity index (χ1n) is 10.6.